The molecule has 0 atom stereocenters. The van der Waals surface area contributed by atoms with E-state index in [0.29, 0.717) is 13.2 Å². The molecule has 72 valence electrons. The van der Waals surface area contributed by atoms with E-state index in [2.05, 4.69) is 11.7 Å². The average Bonchev–Trinajstić information content (AvgIpc) is 2.10. The minimum Gasteiger partial charge on any atom is -0.446 e. The molecule has 0 aromatic carbocycles. The molecule has 1 amide bonds. The predicted molar refractivity (Wildman–Crippen MR) is 44.4 cm³/mol. The van der Waals surface area contributed by atoms with Crippen LogP contribution in [0.25, 0.3) is 0 Å². The number of nitrogens with one attached hydrogen (secondary N) is 1. The molecule has 0 spiro atoms. The second-order valence-corrected chi connectivity index (χ2v) is 2.25. The number of ether oxygens (including phenoxy) is 2. The highest BCUT2D eigenvalue weighted by atomic mass is 16.6. The Bertz CT molecular complexity index is 119. The number of unbranched alkanes of at least 4 members (excludes halogenated alkanes) is 1. The van der Waals surface area contributed by atoms with Crippen LogP contribution in [-0.2, 0) is 9.47 Å². The monoisotopic (exact) mass is 176 g/mol. The quantitative estimate of drug-likeness (QED) is 0.266. The zero-order valence-corrected chi connectivity index (χ0v) is 7.34. The minimum absolute atomic E-state index is 0.243. The van der Waals surface area contributed by atoms with Gasteiger partial charge in [0.05, 0.1) is 6.61 Å². The fourth-order valence-electron chi connectivity index (χ4n) is 0.583. The van der Waals surface area contributed by atoms with E-state index in [4.69, 9.17) is 10.6 Å². The van der Waals surface area contributed by atoms with E-state index in [9.17, 15) is 4.79 Å². The molecule has 0 aliphatic heterocycles. The first-order chi connectivity index (χ1) is 5.81. The van der Waals surface area contributed by atoms with E-state index in [1.807, 2.05) is 5.43 Å². The van der Waals surface area contributed by atoms with Gasteiger partial charge in [-0.2, -0.15) is 0 Å². The van der Waals surface area contributed by atoms with Crippen molar-refractivity contribution in [3.8, 4) is 0 Å². The molecule has 0 fully saturated rings. The predicted octanol–water partition coefficient (Wildman–Crippen LogP) is 0.403. The summed E-state index contributed by atoms with van der Waals surface area (Å²) < 4.78 is 9.69. The number of carbonyl (C=O) groups excluding carboxylic acids is 1. The molecule has 0 heterocycles. The standard InChI is InChI=1S/C7H16N2O3/c1-2-3-4-11-5-6-12-7(10)9-8/h2-6,8H2,1H3,(H,9,10). The SMILES string of the molecule is CCCCOCCOC(=O)NN. The maximum Gasteiger partial charge on any atom is 0.421 e. The maximum absolute atomic E-state index is 10.4. The molecule has 0 bridgehead atoms. The highest BCUT2D eigenvalue weighted by Gasteiger charge is 1.95. The molecule has 5 heteroatoms. The first-order valence-corrected chi connectivity index (χ1v) is 4.02. The molecule has 12 heavy (non-hydrogen) atoms. The van der Waals surface area contributed by atoms with E-state index in [0.717, 1.165) is 12.8 Å². The second-order valence-electron chi connectivity index (χ2n) is 2.25. The van der Waals surface area contributed by atoms with E-state index in [1.54, 1.807) is 0 Å². The Kier molecular flexibility index (Phi) is 7.73. The van der Waals surface area contributed by atoms with Crippen LogP contribution in [0.4, 0.5) is 4.79 Å². The number of hydrogen-bond donors (Lipinski definition) is 2. The third-order valence-corrected chi connectivity index (χ3v) is 1.22. The zero-order valence-electron chi connectivity index (χ0n) is 7.34. The largest absolute Gasteiger partial charge is 0.446 e. The summed E-state index contributed by atoms with van der Waals surface area (Å²) in [5, 5.41) is 0. The molecule has 0 aliphatic carbocycles. The van der Waals surface area contributed by atoms with Crippen LogP contribution in [-0.4, -0.2) is 25.9 Å². The molecule has 0 unspecified atom stereocenters. The normalized spacial score (nSPS) is 9.50. The van der Waals surface area contributed by atoms with Gasteiger partial charge >= 0.3 is 6.09 Å². The lowest BCUT2D eigenvalue weighted by Gasteiger charge is -2.04. The lowest BCUT2D eigenvalue weighted by Crippen LogP contribution is -2.31. The topological polar surface area (TPSA) is 73.6 Å². The van der Waals surface area contributed by atoms with Crippen LogP contribution in [0, 0.1) is 0 Å². The summed E-state index contributed by atoms with van der Waals surface area (Å²) in [5.74, 6) is 4.77. The first-order valence-electron chi connectivity index (χ1n) is 4.02. The van der Waals surface area contributed by atoms with Gasteiger partial charge < -0.3 is 9.47 Å². The van der Waals surface area contributed by atoms with Gasteiger partial charge in [0, 0.05) is 6.61 Å². The summed E-state index contributed by atoms with van der Waals surface area (Å²) in [5.41, 5.74) is 1.85. The van der Waals surface area contributed by atoms with Gasteiger partial charge in [-0.1, -0.05) is 13.3 Å². The van der Waals surface area contributed by atoms with Gasteiger partial charge in [0.2, 0.25) is 0 Å². The van der Waals surface area contributed by atoms with Gasteiger partial charge in [-0.25, -0.2) is 10.6 Å². The summed E-state index contributed by atoms with van der Waals surface area (Å²) in [6.07, 6.45) is 1.50. The third-order valence-electron chi connectivity index (χ3n) is 1.22. The molecular weight excluding hydrogens is 160 g/mol. The van der Waals surface area contributed by atoms with Crippen LogP contribution < -0.4 is 11.3 Å². The summed E-state index contributed by atoms with van der Waals surface area (Å²) >= 11 is 0. The molecule has 0 radical (unpaired) electrons. The Morgan fingerprint density at radius 2 is 2.17 bits per heavy atom. The summed E-state index contributed by atoms with van der Waals surface area (Å²) in [7, 11) is 0. The zero-order chi connectivity index (χ0) is 9.23. The van der Waals surface area contributed by atoms with Crippen molar-refractivity contribution in [1.29, 1.82) is 0 Å². The smallest absolute Gasteiger partial charge is 0.421 e. The van der Waals surface area contributed by atoms with E-state index in [1.165, 1.54) is 0 Å². The van der Waals surface area contributed by atoms with Crippen LogP contribution in [0.15, 0.2) is 0 Å². The van der Waals surface area contributed by atoms with E-state index in [-0.39, 0.29) is 6.61 Å². The lowest BCUT2D eigenvalue weighted by molar-refractivity contribution is 0.0715. The molecule has 0 rings (SSSR count). The highest BCUT2D eigenvalue weighted by molar-refractivity contribution is 5.66. The van der Waals surface area contributed by atoms with Crippen LogP contribution >= 0.6 is 0 Å². The molecule has 0 saturated carbocycles. The number of nitrogens with two attached hydrogens (primary N) is 1. The number of hydrazine groups is 1. The van der Waals surface area contributed by atoms with Crippen molar-refractivity contribution < 1.29 is 14.3 Å². The van der Waals surface area contributed by atoms with Crippen LogP contribution in [0.1, 0.15) is 19.8 Å². The molecular formula is C7H16N2O3. The Labute approximate surface area is 72.2 Å². The number of amides is 1. The first kappa shape index (κ1) is 11.2. The van der Waals surface area contributed by atoms with Gasteiger partial charge in [-0.3, -0.25) is 5.43 Å². The number of rotatable bonds is 6. The second kappa shape index (κ2) is 8.29. The van der Waals surface area contributed by atoms with Gasteiger partial charge in [-0.15, -0.1) is 0 Å². The van der Waals surface area contributed by atoms with Crippen LogP contribution in [0.5, 0.6) is 0 Å². The summed E-state index contributed by atoms with van der Waals surface area (Å²) in [6.45, 7) is 3.46. The molecule has 3 N–H and O–H groups in total. The van der Waals surface area contributed by atoms with Crippen molar-refractivity contribution in [2.24, 2.45) is 5.84 Å². The average molecular weight is 176 g/mol. The van der Waals surface area contributed by atoms with Crippen molar-refractivity contribution in [2.75, 3.05) is 19.8 Å². The molecule has 0 aliphatic rings. The Morgan fingerprint density at radius 3 is 2.75 bits per heavy atom. The molecule has 0 aromatic heterocycles. The third kappa shape index (κ3) is 7.30. The van der Waals surface area contributed by atoms with E-state index >= 15 is 0 Å². The van der Waals surface area contributed by atoms with Crippen LogP contribution in [0.2, 0.25) is 0 Å². The van der Waals surface area contributed by atoms with Crippen molar-refractivity contribution in [2.45, 2.75) is 19.8 Å². The molecule has 0 aromatic rings. The minimum atomic E-state index is -0.630. The fraction of sp³-hybridized carbons (Fsp3) is 0.857. The van der Waals surface area contributed by atoms with Gasteiger partial charge in [0.25, 0.3) is 0 Å². The molecule has 5 nitrogen and oxygen atoms in total. The number of carbonyl (C=O) groups is 1. The van der Waals surface area contributed by atoms with Crippen molar-refractivity contribution >= 4 is 6.09 Å². The van der Waals surface area contributed by atoms with Crippen LogP contribution in [0.3, 0.4) is 0 Å². The van der Waals surface area contributed by atoms with Crippen molar-refractivity contribution in [3.63, 3.8) is 0 Å². The molecule has 0 saturated heterocycles. The number of hydrogen-bond acceptors (Lipinski definition) is 4. The Morgan fingerprint density at radius 1 is 1.42 bits per heavy atom. The Hall–Kier alpha value is -0.810. The maximum atomic E-state index is 10.4. The van der Waals surface area contributed by atoms with Gasteiger partial charge in [0.1, 0.15) is 6.61 Å². The lowest BCUT2D eigenvalue weighted by atomic mass is 10.4. The summed E-state index contributed by atoms with van der Waals surface area (Å²) in [4.78, 5) is 10.4. The van der Waals surface area contributed by atoms with Gasteiger partial charge in [-0.05, 0) is 6.42 Å². The van der Waals surface area contributed by atoms with Crippen molar-refractivity contribution in [1.82, 2.24) is 5.43 Å². The highest BCUT2D eigenvalue weighted by Crippen LogP contribution is 1.87. The van der Waals surface area contributed by atoms with E-state index < -0.39 is 6.09 Å². The van der Waals surface area contributed by atoms with Crippen molar-refractivity contribution in [3.05, 3.63) is 0 Å². The fourth-order valence-corrected chi connectivity index (χ4v) is 0.583. The van der Waals surface area contributed by atoms with Gasteiger partial charge in [0.15, 0.2) is 0 Å². The summed E-state index contributed by atoms with van der Waals surface area (Å²) in [6, 6.07) is 0. The Balaban J connectivity index is 2.95.